The van der Waals surface area contributed by atoms with Crippen LogP contribution >= 0.6 is 0 Å². The van der Waals surface area contributed by atoms with Crippen molar-refractivity contribution in [3.8, 4) is 22.7 Å². The lowest BCUT2D eigenvalue weighted by molar-refractivity contribution is 0.414. The molecular weight excluding hydrogens is 312 g/mol. The fourth-order valence-corrected chi connectivity index (χ4v) is 3.23. The quantitative estimate of drug-likeness (QED) is 0.792. The number of benzene rings is 2. The Balaban J connectivity index is 1.77. The Morgan fingerprint density at radius 3 is 2.40 bits per heavy atom. The second kappa shape index (κ2) is 6.16. The topological polar surface area (TPSA) is 42.3 Å². The number of fused-ring (bicyclic) bond motifs is 1. The van der Waals surface area contributed by atoms with Gasteiger partial charge in [0.1, 0.15) is 11.6 Å². The van der Waals surface area contributed by atoms with Gasteiger partial charge in [0, 0.05) is 37.5 Å². The summed E-state index contributed by atoms with van der Waals surface area (Å²) in [5.41, 5.74) is 5.71. The lowest BCUT2D eigenvalue weighted by Gasteiger charge is -2.12. The van der Waals surface area contributed by atoms with Gasteiger partial charge in [0.25, 0.3) is 0 Å². The first-order chi connectivity index (χ1) is 12.2. The highest BCUT2D eigenvalue weighted by atomic mass is 16.5. The number of hydrogen-bond acceptors (Lipinski definition) is 4. The molecule has 4 rings (SSSR count). The third kappa shape index (κ3) is 2.71. The molecule has 25 heavy (non-hydrogen) atoms. The molecule has 0 atom stereocenters. The SMILES string of the molecule is COc1ccc(-n2nc(-c3ccc(N(C)C)cc3)c3c2NCC3)cc1. The van der Waals surface area contributed by atoms with Crippen LogP contribution in [0, 0.1) is 0 Å². The van der Waals surface area contributed by atoms with Gasteiger partial charge in [-0.15, -0.1) is 0 Å². The second-order valence-electron chi connectivity index (χ2n) is 6.40. The summed E-state index contributed by atoms with van der Waals surface area (Å²) in [5.74, 6) is 1.94. The van der Waals surface area contributed by atoms with Crippen molar-refractivity contribution in [3.05, 3.63) is 54.1 Å². The maximum atomic E-state index is 5.25. The number of rotatable bonds is 4. The lowest BCUT2D eigenvalue weighted by atomic mass is 10.1. The highest BCUT2D eigenvalue weighted by Crippen LogP contribution is 2.35. The summed E-state index contributed by atoms with van der Waals surface area (Å²) in [6, 6.07) is 16.6. The Bertz CT molecular complexity index is 879. The van der Waals surface area contributed by atoms with Gasteiger partial charge in [-0.1, -0.05) is 12.1 Å². The Hall–Kier alpha value is -2.95. The van der Waals surface area contributed by atoms with Gasteiger partial charge >= 0.3 is 0 Å². The van der Waals surface area contributed by atoms with E-state index < -0.39 is 0 Å². The highest BCUT2D eigenvalue weighted by molar-refractivity contribution is 5.74. The maximum absolute atomic E-state index is 5.25. The van der Waals surface area contributed by atoms with Crippen LogP contribution in [0.25, 0.3) is 16.9 Å². The molecular formula is C20H22N4O. The molecule has 1 aliphatic rings. The zero-order chi connectivity index (χ0) is 17.4. The molecule has 0 bridgehead atoms. The van der Waals surface area contributed by atoms with Crippen molar-refractivity contribution >= 4 is 11.5 Å². The summed E-state index contributed by atoms with van der Waals surface area (Å²) >= 11 is 0. The standard InChI is InChI=1S/C20H22N4O/c1-23(2)15-6-4-14(5-7-15)19-18-12-13-21-20(18)24(22-19)16-8-10-17(25-3)11-9-16/h4-11,21H,12-13H2,1-3H3. The molecule has 128 valence electrons. The van der Waals surface area contributed by atoms with Gasteiger partial charge in [-0.25, -0.2) is 4.68 Å². The minimum Gasteiger partial charge on any atom is -0.497 e. The van der Waals surface area contributed by atoms with E-state index in [4.69, 9.17) is 9.84 Å². The van der Waals surface area contributed by atoms with Crippen molar-refractivity contribution < 1.29 is 4.74 Å². The summed E-state index contributed by atoms with van der Waals surface area (Å²) in [7, 11) is 5.78. The van der Waals surface area contributed by atoms with Crippen molar-refractivity contribution in [3.63, 3.8) is 0 Å². The average Bonchev–Trinajstić information content (AvgIpc) is 3.24. The normalized spacial score (nSPS) is 12.6. The van der Waals surface area contributed by atoms with E-state index in [1.165, 1.54) is 11.3 Å². The van der Waals surface area contributed by atoms with E-state index in [9.17, 15) is 0 Å². The third-order valence-corrected chi connectivity index (χ3v) is 4.63. The molecule has 2 aromatic carbocycles. The van der Waals surface area contributed by atoms with E-state index in [0.29, 0.717) is 0 Å². The maximum Gasteiger partial charge on any atom is 0.133 e. The van der Waals surface area contributed by atoms with Gasteiger partial charge < -0.3 is 15.0 Å². The predicted molar refractivity (Wildman–Crippen MR) is 102 cm³/mol. The van der Waals surface area contributed by atoms with Crippen LogP contribution in [0.1, 0.15) is 5.56 Å². The largest absolute Gasteiger partial charge is 0.497 e. The van der Waals surface area contributed by atoms with E-state index >= 15 is 0 Å². The zero-order valence-corrected chi connectivity index (χ0v) is 14.8. The van der Waals surface area contributed by atoms with E-state index in [1.807, 2.05) is 28.9 Å². The van der Waals surface area contributed by atoms with Crippen LogP contribution in [0.5, 0.6) is 5.75 Å². The molecule has 0 unspecified atom stereocenters. The van der Waals surface area contributed by atoms with Crippen LogP contribution < -0.4 is 15.0 Å². The fraction of sp³-hybridized carbons (Fsp3) is 0.250. The van der Waals surface area contributed by atoms with Crippen LogP contribution in [0.15, 0.2) is 48.5 Å². The lowest BCUT2D eigenvalue weighted by Crippen LogP contribution is -2.08. The van der Waals surface area contributed by atoms with Crippen LogP contribution in [0.2, 0.25) is 0 Å². The summed E-state index contributed by atoms with van der Waals surface area (Å²) in [4.78, 5) is 2.10. The van der Waals surface area contributed by atoms with Gasteiger partial charge in [0.05, 0.1) is 18.5 Å². The molecule has 0 radical (unpaired) electrons. The Morgan fingerprint density at radius 1 is 1.04 bits per heavy atom. The van der Waals surface area contributed by atoms with E-state index in [0.717, 1.165) is 41.5 Å². The van der Waals surface area contributed by atoms with Crippen molar-refractivity contribution in [2.45, 2.75) is 6.42 Å². The molecule has 0 saturated carbocycles. The number of anilines is 2. The fourth-order valence-electron chi connectivity index (χ4n) is 3.23. The van der Waals surface area contributed by atoms with E-state index in [1.54, 1.807) is 7.11 Å². The first kappa shape index (κ1) is 15.6. The van der Waals surface area contributed by atoms with Crippen molar-refractivity contribution in [1.82, 2.24) is 9.78 Å². The summed E-state index contributed by atoms with van der Waals surface area (Å²) < 4.78 is 7.25. The van der Waals surface area contributed by atoms with Crippen LogP contribution in [0.4, 0.5) is 11.5 Å². The Kier molecular flexibility index (Phi) is 3.84. The number of ether oxygens (including phenoxy) is 1. The minimum atomic E-state index is 0.847. The van der Waals surface area contributed by atoms with Gasteiger partial charge in [0.15, 0.2) is 0 Å². The zero-order valence-electron chi connectivity index (χ0n) is 14.8. The number of nitrogens with zero attached hydrogens (tertiary/aromatic N) is 3. The van der Waals surface area contributed by atoms with Gasteiger partial charge in [-0.3, -0.25) is 0 Å². The second-order valence-corrected chi connectivity index (χ2v) is 6.40. The molecule has 0 aliphatic carbocycles. The first-order valence-corrected chi connectivity index (χ1v) is 8.45. The third-order valence-electron chi connectivity index (χ3n) is 4.63. The van der Waals surface area contributed by atoms with Gasteiger partial charge in [-0.2, -0.15) is 5.10 Å². The number of methoxy groups -OCH3 is 1. The van der Waals surface area contributed by atoms with Crippen molar-refractivity contribution in [1.29, 1.82) is 0 Å². The molecule has 3 aromatic rings. The van der Waals surface area contributed by atoms with E-state index in [-0.39, 0.29) is 0 Å². The molecule has 5 nitrogen and oxygen atoms in total. The number of aromatic nitrogens is 2. The predicted octanol–water partition coefficient (Wildman–Crippen LogP) is 3.58. The molecule has 1 aromatic heterocycles. The molecule has 0 fully saturated rings. The minimum absolute atomic E-state index is 0.847. The monoisotopic (exact) mass is 334 g/mol. The van der Waals surface area contributed by atoms with Gasteiger partial charge in [-0.05, 0) is 42.8 Å². The molecule has 2 heterocycles. The summed E-state index contributed by atoms with van der Waals surface area (Å²) in [6.07, 6.45) is 0.996. The van der Waals surface area contributed by atoms with Crippen LogP contribution in [-0.2, 0) is 6.42 Å². The average molecular weight is 334 g/mol. The molecule has 0 spiro atoms. The summed E-state index contributed by atoms with van der Waals surface area (Å²) in [5, 5.41) is 8.38. The number of nitrogens with one attached hydrogen (secondary N) is 1. The van der Waals surface area contributed by atoms with E-state index in [2.05, 4.69) is 48.6 Å². The van der Waals surface area contributed by atoms with Crippen molar-refractivity contribution in [2.75, 3.05) is 38.0 Å². The number of hydrogen-bond donors (Lipinski definition) is 1. The molecule has 1 aliphatic heterocycles. The van der Waals surface area contributed by atoms with Crippen molar-refractivity contribution in [2.24, 2.45) is 0 Å². The Morgan fingerprint density at radius 2 is 1.76 bits per heavy atom. The Labute approximate surface area is 147 Å². The molecule has 0 saturated heterocycles. The molecule has 5 heteroatoms. The van der Waals surface area contributed by atoms with Gasteiger partial charge in [0.2, 0.25) is 0 Å². The van der Waals surface area contributed by atoms with Crippen LogP contribution in [-0.4, -0.2) is 37.5 Å². The van der Waals surface area contributed by atoms with Crippen LogP contribution in [0.3, 0.4) is 0 Å². The molecule has 0 amide bonds. The first-order valence-electron chi connectivity index (χ1n) is 8.45. The summed E-state index contributed by atoms with van der Waals surface area (Å²) in [6.45, 7) is 0.951. The highest BCUT2D eigenvalue weighted by Gasteiger charge is 2.23. The molecule has 1 N–H and O–H groups in total. The smallest absolute Gasteiger partial charge is 0.133 e.